The van der Waals surface area contributed by atoms with E-state index < -0.39 is 0 Å². The van der Waals surface area contributed by atoms with Crippen LogP contribution in [0, 0.1) is 13.8 Å². The molecule has 190 valence electrons. The van der Waals surface area contributed by atoms with Crippen LogP contribution in [-0.2, 0) is 19.5 Å². The Kier molecular flexibility index (Phi) is 8.61. The van der Waals surface area contributed by atoms with E-state index in [-0.39, 0.29) is 18.2 Å². The molecule has 2 aromatic carbocycles. The Morgan fingerprint density at radius 2 is 1.89 bits per heavy atom. The van der Waals surface area contributed by atoms with Gasteiger partial charge in [0.25, 0.3) is 5.56 Å². The van der Waals surface area contributed by atoms with Crippen LogP contribution in [0.5, 0.6) is 0 Å². The van der Waals surface area contributed by atoms with E-state index in [9.17, 15) is 9.90 Å². The third kappa shape index (κ3) is 6.06. The minimum atomic E-state index is -0.0846. The summed E-state index contributed by atoms with van der Waals surface area (Å²) >= 11 is 0. The molecule has 0 spiro atoms. The lowest BCUT2D eigenvalue weighted by Gasteiger charge is -2.30. The Balaban J connectivity index is 1.64. The maximum Gasteiger partial charge on any atom is 0.252 e. The molecule has 4 aromatic rings. The summed E-state index contributed by atoms with van der Waals surface area (Å²) in [5.41, 5.74) is 5.05. The van der Waals surface area contributed by atoms with E-state index in [1.54, 1.807) is 0 Å². The van der Waals surface area contributed by atoms with Crippen LogP contribution in [0.25, 0.3) is 10.9 Å². The van der Waals surface area contributed by atoms with Crippen molar-refractivity contribution in [2.24, 2.45) is 0 Å². The van der Waals surface area contributed by atoms with Gasteiger partial charge < -0.3 is 10.1 Å². The molecule has 1 atom stereocenters. The lowest BCUT2D eigenvalue weighted by Crippen LogP contribution is -2.34. The number of fused-ring (bicyclic) bond motifs is 1. The zero-order valence-electron chi connectivity index (χ0n) is 21.4. The number of tetrazole rings is 1. The predicted molar refractivity (Wildman–Crippen MR) is 142 cm³/mol. The summed E-state index contributed by atoms with van der Waals surface area (Å²) in [6.07, 6.45) is 3.23. The predicted octanol–water partition coefficient (Wildman–Crippen LogP) is 4.10. The van der Waals surface area contributed by atoms with Crippen LogP contribution in [0.4, 0.5) is 0 Å². The van der Waals surface area contributed by atoms with Crippen molar-refractivity contribution < 1.29 is 5.11 Å². The first-order valence-corrected chi connectivity index (χ1v) is 12.8. The van der Waals surface area contributed by atoms with Gasteiger partial charge in [-0.2, -0.15) is 0 Å². The second kappa shape index (κ2) is 12.1. The molecule has 0 aliphatic carbocycles. The van der Waals surface area contributed by atoms with Gasteiger partial charge in [0.1, 0.15) is 0 Å². The van der Waals surface area contributed by atoms with E-state index in [0.717, 1.165) is 41.6 Å². The molecular formula is C28H36N6O2. The van der Waals surface area contributed by atoms with E-state index in [1.165, 1.54) is 11.1 Å². The third-order valence-corrected chi connectivity index (χ3v) is 6.83. The zero-order chi connectivity index (χ0) is 25.5. The zero-order valence-corrected chi connectivity index (χ0v) is 21.4. The Morgan fingerprint density at radius 3 is 2.64 bits per heavy atom. The van der Waals surface area contributed by atoms with Crippen LogP contribution < -0.4 is 5.56 Å². The van der Waals surface area contributed by atoms with Crippen molar-refractivity contribution in [2.75, 3.05) is 13.2 Å². The summed E-state index contributed by atoms with van der Waals surface area (Å²) in [6.45, 7) is 8.12. The maximum atomic E-state index is 13.1. The number of aromatic nitrogens is 5. The molecule has 0 radical (unpaired) electrons. The number of aryl methyl sites for hydroxylation is 4. The van der Waals surface area contributed by atoms with Crippen LogP contribution in [0.1, 0.15) is 60.3 Å². The SMILES string of the molecule is CCCC(c1nnnn1CCc1ccccc1)N(CCCO)Cc1cc2cc(C)c(C)cc2[nH]c1=O. The number of aromatic amines is 1. The molecule has 0 bridgehead atoms. The first-order valence-electron chi connectivity index (χ1n) is 12.8. The molecule has 1 unspecified atom stereocenters. The van der Waals surface area contributed by atoms with Gasteiger partial charge in [0.2, 0.25) is 0 Å². The quantitative estimate of drug-likeness (QED) is 0.311. The lowest BCUT2D eigenvalue weighted by molar-refractivity contribution is 0.147. The molecule has 8 nitrogen and oxygen atoms in total. The number of aliphatic hydroxyl groups is 1. The van der Waals surface area contributed by atoms with Crippen molar-refractivity contribution in [2.45, 2.75) is 65.6 Å². The van der Waals surface area contributed by atoms with E-state index >= 15 is 0 Å². The highest BCUT2D eigenvalue weighted by atomic mass is 16.3. The molecule has 0 aliphatic heterocycles. The monoisotopic (exact) mass is 488 g/mol. The number of nitrogens with one attached hydrogen (secondary N) is 1. The van der Waals surface area contributed by atoms with E-state index in [2.05, 4.69) is 64.4 Å². The standard InChI is InChI=1S/C28H36N6O2/c1-4-9-26(27-30-31-32-34(27)14-12-22-10-6-5-7-11-22)33(13-8-15-35)19-24-18-23-16-20(2)21(3)17-25(23)29-28(24)36/h5-7,10-11,16-18,26,35H,4,8-9,12-15,19H2,1-3H3,(H,29,36). The number of pyridine rings is 1. The van der Waals surface area contributed by atoms with E-state index in [4.69, 9.17) is 0 Å². The van der Waals surface area contributed by atoms with E-state index in [1.807, 2.05) is 35.0 Å². The fourth-order valence-electron chi connectivity index (χ4n) is 4.71. The van der Waals surface area contributed by atoms with Crippen molar-refractivity contribution in [3.8, 4) is 0 Å². The third-order valence-electron chi connectivity index (χ3n) is 6.83. The average molecular weight is 489 g/mol. The number of hydrogen-bond donors (Lipinski definition) is 2. The Labute approximate surface area is 212 Å². The molecule has 36 heavy (non-hydrogen) atoms. The molecule has 0 saturated heterocycles. The highest BCUT2D eigenvalue weighted by molar-refractivity contribution is 5.80. The summed E-state index contributed by atoms with van der Waals surface area (Å²) in [6, 6.07) is 16.4. The summed E-state index contributed by atoms with van der Waals surface area (Å²) in [5.74, 6) is 0.800. The first kappa shape index (κ1) is 25.7. The number of rotatable bonds is 12. The molecule has 8 heteroatoms. The number of nitrogens with zero attached hydrogens (tertiary/aromatic N) is 5. The maximum absolute atomic E-state index is 13.1. The smallest absolute Gasteiger partial charge is 0.252 e. The van der Waals surface area contributed by atoms with Crippen molar-refractivity contribution >= 4 is 10.9 Å². The van der Waals surface area contributed by atoms with Gasteiger partial charge in [-0.3, -0.25) is 9.69 Å². The highest BCUT2D eigenvalue weighted by Crippen LogP contribution is 2.27. The Hall–Kier alpha value is -3.36. The van der Waals surface area contributed by atoms with Gasteiger partial charge in [-0.15, -0.1) is 5.10 Å². The molecule has 0 saturated carbocycles. The van der Waals surface area contributed by atoms with Crippen LogP contribution in [0.3, 0.4) is 0 Å². The fourth-order valence-corrected chi connectivity index (χ4v) is 4.71. The highest BCUT2D eigenvalue weighted by Gasteiger charge is 2.26. The van der Waals surface area contributed by atoms with Crippen molar-refractivity contribution in [1.82, 2.24) is 30.1 Å². The van der Waals surface area contributed by atoms with Gasteiger partial charge in [-0.05, 0) is 83.8 Å². The molecule has 2 aromatic heterocycles. The molecule has 0 aliphatic rings. The lowest BCUT2D eigenvalue weighted by atomic mass is 10.0. The molecular weight excluding hydrogens is 452 g/mol. The molecule has 4 rings (SSSR count). The van der Waals surface area contributed by atoms with E-state index in [0.29, 0.717) is 31.6 Å². The summed E-state index contributed by atoms with van der Waals surface area (Å²) < 4.78 is 1.88. The van der Waals surface area contributed by atoms with Crippen LogP contribution in [0.15, 0.2) is 53.3 Å². The number of H-pyrrole nitrogens is 1. The van der Waals surface area contributed by atoms with Crippen LogP contribution in [-0.4, -0.2) is 48.3 Å². The van der Waals surface area contributed by atoms with Gasteiger partial charge in [0.05, 0.1) is 6.04 Å². The summed E-state index contributed by atoms with van der Waals surface area (Å²) in [5, 5.41) is 23.3. The van der Waals surface area contributed by atoms with Gasteiger partial charge >= 0.3 is 0 Å². The number of hydrogen-bond acceptors (Lipinski definition) is 6. The molecule has 2 heterocycles. The van der Waals surface area contributed by atoms with Gasteiger partial charge in [0.15, 0.2) is 5.82 Å². The Bertz CT molecular complexity index is 1330. The summed E-state index contributed by atoms with van der Waals surface area (Å²) in [4.78, 5) is 18.4. The summed E-state index contributed by atoms with van der Waals surface area (Å²) in [7, 11) is 0. The van der Waals surface area contributed by atoms with Crippen molar-refractivity contribution in [1.29, 1.82) is 0 Å². The van der Waals surface area contributed by atoms with Crippen molar-refractivity contribution in [3.05, 3.63) is 87.0 Å². The van der Waals surface area contributed by atoms with Crippen LogP contribution >= 0.6 is 0 Å². The largest absolute Gasteiger partial charge is 0.396 e. The molecule has 0 amide bonds. The van der Waals surface area contributed by atoms with Gasteiger partial charge in [-0.1, -0.05) is 43.7 Å². The Morgan fingerprint density at radius 1 is 1.11 bits per heavy atom. The fraction of sp³-hybridized carbons (Fsp3) is 0.429. The average Bonchev–Trinajstić information content (AvgIpc) is 3.34. The minimum Gasteiger partial charge on any atom is -0.396 e. The number of benzene rings is 2. The second-order valence-electron chi connectivity index (χ2n) is 9.50. The second-order valence-corrected chi connectivity index (χ2v) is 9.50. The van der Waals surface area contributed by atoms with Crippen LogP contribution in [0.2, 0.25) is 0 Å². The molecule has 0 fully saturated rings. The molecule has 2 N–H and O–H groups in total. The van der Waals surface area contributed by atoms with Gasteiger partial charge in [-0.25, -0.2) is 4.68 Å². The normalized spacial score (nSPS) is 12.5. The number of aliphatic hydroxyl groups excluding tert-OH is 1. The topological polar surface area (TPSA) is 99.9 Å². The van der Waals surface area contributed by atoms with Crippen molar-refractivity contribution in [3.63, 3.8) is 0 Å². The first-order chi connectivity index (χ1) is 17.5. The minimum absolute atomic E-state index is 0.0674. The van der Waals surface area contributed by atoms with Gasteiger partial charge in [0, 0.05) is 37.3 Å².